The van der Waals surface area contributed by atoms with Crippen LogP contribution in [0.25, 0.3) is 10.9 Å². The molecule has 0 amide bonds. The monoisotopic (exact) mass is 263 g/mol. The largest absolute Gasteiger partial charge is 0.398 e. The quantitative estimate of drug-likeness (QED) is 0.722. The molecule has 2 N–H and O–H groups in total. The molecule has 0 spiro atoms. The number of aromatic nitrogens is 2. The number of pyridine rings is 2. The smallest absolute Gasteiger partial charge is 0.212 e. The van der Waals surface area contributed by atoms with Gasteiger partial charge in [-0.1, -0.05) is 18.2 Å². The Labute approximate surface area is 116 Å². The number of rotatable bonds is 2. The molecule has 98 valence electrons. The molecule has 3 rings (SSSR count). The van der Waals surface area contributed by atoms with Crippen molar-refractivity contribution in [1.82, 2.24) is 9.97 Å². The van der Waals surface area contributed by atoms with E-state index in [1.54, 1.807) is 24.4 Å². The van der Waals surface area contributed by atoms with Crippen LogP contribution in [-0.2, 0) is 0 Å². The Bertz CT molecular complexity index is 794. The SMILES string of the molecule is Cc1ccc(C(=O)c2cc(N)c3ccccc3n2)cn1. The Balaban J connectivity index is 2.10. The van der Waals surface area contributed by atoms with Crippen LogP contribution in [-0.4, -0.2) is 15.8 Å². The molecule has 0 unspecified atom stereocenters. The molecule has 0 radical (unpaired) electrons. The molecule has 4 nitrogen and oxygen atoms in total. The summed E-state index contributed by atoms with van der Waals surface area (Å²) >= 11 is 0. The third-order valence-corrected chi connectivity index (χ3v) is 3.15. The van der Waals surface area contributed by atoms with Gasteiger partial charge < -0.3 is 5.73 Å². The number of para-hydroxylation sites is 1. The van der Waals surface area contributed by atoms with Crippen LogP contribution in [0.2, 0.25) is 0 Å². The zero-order valence-electron chi connectivity index (χ0n) is 11.0. The van der Waals surface area contributed by atoms with Gasteiger partial charge in [0.1, 0.15) is 5.69 Å². The first-order chi connectivity index (χ1) is 9.65. The Hall–Kier alpha value is -2.75. The molecular weight excluding hydrogens is 250 g/mol. The normalized spacial score (nSPS) is 10.7. The van der Waals surface area contributed by atoms with Gasteiger partial charge in [0.15, 0.2) is 0 Å². The van der Waals surface area contributed by atoms with Crippen molar-refractivity contribution in [2.24, 2.45) is 0 Å². The summed E-state index contributed by atoms with van der Waals surface area (Å²) < 4.78 is 0. The van der Waals surface area contributed by atoms with E-state index in [-0.39, 0.29) is 5.78 Å². The van der Waals surface area contributed by atoms with Crippen LogP contribution in [0, 0.1) is 6.92 Å². The van der Waals surface area contributed by atoms with E-state index < -0.39 is 0 Å². The van der Waals surface area contributed by atoms with Gasteiger partial charge in [-0.05, 0) is 31.2 Å². The van der Waals surface area contributed by atoms with Crippen molar-refractivity contribution < 1.29 is 4.79 Å². The van der Waals surface area contributed by atoms with E-state index in [4.69, 9.17) is 5.73 Å². The molecule has 2 aromatic heterocycles. The number of aryl methyl sites for hydroxylation is 1. The number of hydrogen-bond donors (Lipinski definition) is 1. The van der Waals surface area contributed by atoms with Crippen LogP contribution in [0.4, 0.5) is 5.69 Å². The van der Waals surface area contributed by atoms with Gasteiger partial charge >= 0.3 is 0 Å². The number of nitrogen functional groups attached to an aromatic ring is 1. The van der Waals surface area contributed by atoms with Crippen molar-refractivity contribution in [2.45, 2.75) is 6.92 Å². The van der Waals surface area contributed by atoms with E-state index in [1.807, 2.05) is 31.2 Å². The van der Waals surface area contributed by atoms with Gasteiger partial charge in [-0.25, -0.2) is 4.98 Å². The second-order valence-electron chi connectivity index (χ2n) is 4.63. The van der Waals surface area contributed by atoms with Crippen molar-refractivity contribution in [3.05, 3.63) is 65.6 Å². The van der Waals surface area contributed by atoms with Crippen molar-refractivity contribution in [3.63, 3.8) is 0 Å². The van der Waals surface area contributed by atoms with Gasteiger partial charge in [-0.3, -0.25) is 9.78 Å². The minimum absolute atomic E-state index is 0.171. The summed E-state index contributed by atoms with van der Waals surface area (Å²) in [6, 6.07) is 12.7. The number of benzene rings is 1. The first kappa shape index (κ1) is 12.3. The number of nitrogens with zero attached hydrogens (tertiary/aromatic N) is 2. The predicted octanol–water partition coefficient (Wildman–Crippen LogP) is 2.75. The van der Waals surface area contributed by atoms with E-state index >= 15 is 0 Å². The van der Waals surface area contributed by atoms with E-state index in [2.05, 4.69) is 9.97 Å². The number of carbonyl (C=O) groups excluding carboxylic acids is 1. The number of nitrogens with two attached hydrogens (primary N) is 1. The second kappa shape index (κ2) is 4.74. The molecule has 0 bridgehead atoms. The summed E-state index contributed by atoms with van der Waals surface area (Å²) in [6.07, 6.45) is 1.56. The lowest BCUT2D eigenvalue weighted by atomic mass is 10.1. The van der Waals surface area contributed by atoms with E-state index in [0.29, 0.717) is 16.9 Å². The predicted molar refractivity (Wildman–Crippen MR) is 78.6 cm³/mol. The lowest BCUT2D eigenvalue weighted by Crippen LogP contribution is -2.06. The maximum Gasteiger partial charge on any atom is 0.212 e. The van der Waals surface area contributed by atoms with Gasteiger partial charge in [0.25, 0.3) is 0 Å². The molecule has 1 aromatic carbocycles. The van der Waals surface area contributed by atoms with Gasteiger partial charge in [0.05, 0.1) is 5.52 Å². The number of carbonyl (C=O) groups is 1. The summed E-state index contributed by atoms with van der Waals surface area (Å²) in [5.74, 6) is -0.171. The maximum absolute atomic E-state index is 12.4. The summed E-state index contributed by atoms with van der Waals surface area (Å²) in [6.45, 7) is 1.88. The molecule has 3 aromatic rings. The van der Waals surface area contributed by atoms with Crippen molar-refractivity contribution in [3.8, 4) is 0 Å². The maximum atomic E-state index is 12.4. The van der Waals surface area contributed by atoms with Crippen molar-refractivity contribution >= 4 is 22.4 Å². The highest BCUT2D eigenvalue weighted by atomic mass is 16.1. The van der Waals surface area contributed by atoms with Gasteiger partial charge in [-0.2, -0.15) is 0 Å². The first-order valence-electron chi connectivity index (χ1n) is 6.28. The number of hydrogen-bond acceptors (Lipinski definition) is 4. The van der Waals surface area contributed by atoms with Crippen LogP contribution in [0.1, 0.15) is 21.7 Å². The zero-order chi connectivity index (χ0) is 14.1. The standard InChI is InChI=1S/C16H13N3O/c1-10-6-7-11(9-18-10)16(20)15-8-13(17)12-4-2-3-5-14(12)19-15/h2-9H,1H3,(H2,17,19). The average molecular weight is 263 g/mol. The van der Waals surface area contributed by atoms with Crippen LogP contribution >= 0.6 is 0 Å². The fourth-order valence-electron chi connectivity index (χ4n) is 2.07. The van der Waals surface area contributed by atoms with E-state index in [0.717, 1.165) is 16.6 Å². The molecule has 0 aliphatic heterocycles. The van der Waals surface area contributed by atoms with Gasteiger partial charge in [0, 0.05) is 28.5 Å². The molecule has 0 saturated heterocycles. The molecule has 0 atom stereocenters. The first-order valence-corrected chi connectivity index (χ1v) is 6.28. The number of fused-ring (bicyclic) bond motifs is 1. The van der Waals surface area contributed by atoms with Gasteiger partial charge in [-0.15, -0.1) is 0 Å². The molecular formula is C16H13N3O. The molecule has 0 fully saturated rings. The third kappa shape index (κ3) is 2.12. The fourth-order valence-corrected chi connectivity index (χ4v) is 2.07. The summed E-state index contributed by atoms with van der Waals surface area (Å²) in [7, 11) is 0. The molecule has 2 heterocycles. The highest BCUT2D eigenvalue weighted by molar-refractivity contribution is 6.09. The van der Waals surface area contributed by atoms with Crippen LogP contribution in [0.5, 0.6) is 0 Å². The highest BCUT2D eigenvalue weighted by Crippen LogP contribution is 2.21. The Kier molecular flexibility index (Phi) is 2.91. The molecule has 0 saturated carbocycles. The zero-order valence-corrected chi connectivity index (χ0v) is 11.0. The molecule has 0 aliphatic rings. The highest BCUT2D eigenvalue weighted by Gasteiger charge is 2.13. The molecule has 0 aliphatic carbocycles. The van der Waals surface area contributed by atoms with Gasteiger partial charge in [0.2, 0.25) is 5.78 Å². The summed E-state index contributed by atoms with van der Waals surface area (Å²) in [4.78, 5) is 20.9. The number of anilines is 1. The Morgan fingerprint density at radius 1 is 1.15 bits per heavy atom. The molecule has 20 heavy (non-hydrogen) atoms. The minimum Gasteiger partial charge on any atom is -0.398 e. The summed E-state index contributed by atoms with van der Waals surface area (Å²) in [5.41, 5.74) is 8.98. The molecule has 4 heteroatoms. The second-order valence-corrected chi connectivity index (χ2v) is 4.63. The topological polar surface area (TPSA) is 68.9 Å². The van der Waals surface area contributed by atoms with Crippen molar-refractivity contribution in [1.29, 1.82) is 0 Å². The van der Waals surface area contributed by atoms with Crippen molar-refractivity contribution in [2.75, 3.05) is 5.73 Å². The van der Waals surface area contributed by atoms with Crippen LogP contribution < -0.4 is 5.73 Å². The Morgan fingerprint density at radius 2 is 1.95 bits per heavy atom. The lowest BCUT2D eigenvalue weighted by Gasteiger charge is -2.05. The number of ketones is 1. The fraction of sp³-hybridized carbons (Fsp3) is 0.0625. The lowest BCUT2D eigenvalue weighted by molar-refractivity contribution is 0.103. The van der Waals surface area contributed by atoms with Crippen LogP contribution in [0.15, 0.2) is 48.7 Å². The van der Waals surface area contributed by atoms with Crippen LogP contribution in [0.3, 0.4) is 0 Å². The van der Waals surface area contributed by atoms with E-state index in [9.17, 15) is 4.79 Å². The van der Waals surface area contributed by atoms with E-state index in [1.165, 1.54) is 0 Å². The minimum atomic E-state index is -0.171. The average Bonchev–Trinajstić information content (AvgIpc) is 2.47. The Morgan fingerprint density at radius 3 is 2.70 bits per heavy atom. The third-order valence-electron chi connectivity index (χ3n) is 3.15. The summed E-state index contributed by atoms with van der Waals surface area (Å²) in [5, 5.41) is 0.853.